The van der Waals surface area contributed by atoms with E-state index < -0.39 is 0 Å². The van der Waals surface area contributed by atoms with Crippen LogP contribution in [0, 0.1) is 0 Å². The van der Waals surface area contributed by atoms with Crippen LogP contribution in [0.2, 0.25) is 0 Å². The fraction of sp³-hybridized carbons (Fsp3) is 0. The molecular weight excluding hydrogens is 863 g/mol. The van der Waals surface area contributed by atoms with Crippen molar-refractivity contribution in [1.82, 2.24) is 18.3 Å². The lowest BCUT2D eigenvalue weighted by Crippen LogP contribution is -2.11. The molecule has 5 heteroatoms. The highest BCUT2D eigenvalue weighted by Crippen LogP contribution is 2.44. The first-order chi connectivity index (χ1) is 35.2. The van der Waals surface area contributed by atoms with Crippen molar-refractivity contribution in [3.8, 4) is 22.7 Å². The Kier molecular flexibility index (Phi) is 8.59. The molecule has 0 spiro atoms. The summed E-state index contributed by atoms with van der Waals surface area (Å²) in [7, 11) is 0. The van der Waals surface area contributed by atoms with E-state index in [2.05, 4.69) is 284 Å². The maximum absolute atomic E-state index is 2.45. The van der Waals surface area contributed by atoms with Crippen molar-refractivity contribution in [1.29, 1.82) is 0 Å². The second kappa shape index (κ2) is 15.5. The number of benzene rings is 11. The Bertz CT molecular complexity index is 4300. The second-order valence-corrected chi connectivity index (χ2v) is 18.6. The summed E-state index contributed by atoms with van der Waals surface area (Å²) < 4.78 is 9.73. The Hall–Kier alpha value is -9.58. The molecule has 15 rings (SSSR count). The Labute approximate surface area is 409 Å². The maximum Gasteiger partial charge on any atom is 0.0548 e. The molecule has 4 heterocycles. The van der Waals surface area contributed by atoms with Crippen LogP contribution in [0.1, 0.15) is 0 Å². The van der Waals surface area contributed by atoms with E-state index in [0.717, 1.165) is 39.8 Å². The van der Waals surface area contributed by atoms with Crippen LogP contribution >= 0.6 is 0 Å². The van der Waals surface area contributed by atoms with Gasteiger partial charge in [0.2, 0.25) is 0 Å². The molecule has 0 N–H and O–H groups in total. The normalized spacial score (nSPS) is 11.9. The van der Waals surface area contributed by atoms with Gasteiger partial charge in [0.1, 0.15) is 0 Å². The quantitative estimate of drug-likeness (QED) is 0.156. The molecule has 0 aliphatic heterocycles. The van der Waals surface area contributed by atoms with Gasteiger partial charge in [-0.05, 0) is 121 Å². The van der Waals surface area contributed by atoms with Crippen molar-refractivity contribution in [3.63, 3.8) is 0 Å². The number of rotatable bonds is 7. The summed E-state index contributed by atoms with van der Waals surface area (Å²) in [6, 6.07) is 95.2. The van der Waals surface area contributed by atoms with Gasteiger partial charge in [0.25, 0.3) is 0 Å². The number of para-hydroxylation sites is 7. The minimum absolute atomic E-state index is 1.07. The highest BCUT2D eigenvalue weighted by molar-refractivity contribution is 6.20. The van der Waals surface area contributed by atoms with Crippen LogP contribution in [-0.4, -0.2) is 18.3 Å². The van der Waals surface area contributed by atoms with E-state index >= 15 is 0 Å². The highest BCUT2D eigenvalue weighted by Gasteiger charge is 2.22. The zero-order chi connectivity index (χ0) is 46.6. The van der Waals surface area contributed by atoms with E-state index in [-0.39, 0.29) is 0 Å². The minimum atomic E-state index is 1.07. The van der Waals surface area contributed by atoms with Crippen molar-refractivity contribution in [2.24, 2.45) is 0 Å². The lowest BCUT2D eigenvalue weighted by Gasteiger charge is -2.27. The van der Waals surface area contributed by atoms with Crippen molar-refractivity contribution in [2.45, 2.75) is 0 Å². The predicted molar refractivity (Wildman–Crippen MR) is 298 cm³/mol. The lowest BCUT2D eigenvalue weighted by atomic mass is 10.1. The minimum Gasteiger partial charge on any atom is -0.310 e. The van der Waals surface area contributed by atoms with Gasteiger partial charge < -0.3 is 23.2 Å². The van der Waals surface area contributed by atoms with E-state index in [9.17, 15) is 0 Å². The predicted octanol–water partition coefficient (Wildman–Crippen LogP) is 17.5. The van der Waals surface area contributed by atoms with Crippen LogP contribution in [0.5, 0.6) is 0 Å². The first-order valence-corrected chi connectivity index (χ1v) is 24.3. The Balaban J connectivity index is 0.923. The Morgan fingerprint density at radius 3 is 0.803 bits per heavy atom. The molecule has 0 atom stereocenters. The van der Waals surface area contributed by atoms with Crippen LogP contribution in [0.4, 0.5) is 17.1 Å². The lowest BCUT2D eigenvalue weighted by molar-refractivity contribution is 1.16. The third kappa shape index (κ3) is 5.93. The SMILES string of the molecule is c1ccc(N(c2cccc(-n3c4ccccc4c4cc5c(cc43)c3ccccc3n5-c3ccccc3)c2)c2cccc(-n3c4ccccc4c4cc5c(cc43)c3ccccc3n5-c3ccccc3)c2)cc1. The van der Waals surface area contributed by atoms with Gasteiger partial charge >= 0.3 is 0 Å². The smallest absolute Gasteiger partial charge is 0.0548 e. The van der Waals surface area contributed by atoms with Crippen LogP contribution in [0.3, 0.4) is 0 Å². The van der Waals surface area contributed by atoms with E-state index in [1.165, 1.54) is 87.2 Å². The second-order valence-electron chi connectivity index (χ2n) is 18.6. The molecule has 0 bridgehead atoms. The Morgan fingerprint density at radius 1 is 0.183 bits per heavy atom. The molecule has 0 fully saturated rings. The zero-order valence-electron chi connectivity index (χ0n) is 38.6. The molecule has 0 unspecified atom stereocenters. The monoisotopic (exact) mass is 905 g/mol. The standard InChI is InChI=1S/C66H43N5/c1-4-20-44(21-5-1)67(47-26-18-28-49(38-47)70-61-36-16-12-32-53(61)57-40-63-55(42-65(57)70)51-30-10-14-34-59(51)68(63)45-22-6-2-7-23-45)48-27-19-29-50(39-48)71-62-37-17-13-33-54(62)58-41-64-56(43-66(58)71)52-31-11-15-35-60(52)69(64)46-24-8-3-9-25-46/h1-43H. The molecule has 15 aromatic rings. The summed E-state index contributed by atoms with van der Waals surface area (Å²) in [5.41, 5.74) is 17.2. The van der Waals surface area contributed by atoms with Crippen molar-refractivity contribution < 1.29 is 0 Å². The summed E-state index contributed by atoms with van der Waals surface area (Å²) in [6.45, 7) is 0. The molecule has 71 heavy (non-hydrogen) atoms. The molecule has 4 aromatic heterocycles. The first-order valence-electron chi connectivity index (χ1n) is 24.3. The molecule has 0 saturated carbocycles. The fourth-order valence-corrected chi connectivity index (χ4v) is 11.7. The van der Waals surface area contributed by atoms with Crippen molar-refractivity contribution in [3.05, 3.63) is 261 Å². The molecule has 0 aliphatic carbocycles. The number of nitrogens with zero attached hydrogens (tertiary/aromatic N) is 5. The van der Waals surface area contributed by atoms with Crippen LogP contribution < -0.4 is 4.90 Å². The first kappa shape index (κ1) is 39.4. The summed E-state index contributed by atoms with van der Waals surface area (Å²) in [6.07, 6.45) is 0. The fourth-order valence-electron chi connectivity index (χ4n) is 11.7. The molecular formula is C66H43N5. The largest absolute Gasteiger partial charge is 0.310 e. The molecule has 0 aliphatic rings. The zero-order valence-corrected chi connectivity index (χ0v) is 38.6. The third-order valence-electron chi connectivity index (χ3n) is 14.7. The van der Waals surface area contributed by atoms with Gasteiger partial charge in [-0.25, -0.2) is 0 Å². The van der Waals surface area contributed by atoms with Gasteiger partial charge in [-0.1, -0.05) is 140 Å². The topological polar surface area (TPSA) is 23.0 Å². The highest BCUT2D eigenvalue weighted by atomic mass is 15.1. The van der Waals surface area contributed by atoms with Gasteiger partial charge in [0, 0.05) is 82.9 Å². The van der Waals surface area contributed by atoms with E-state index in [1.54, 1.807) is 0 Å². The summed E-state index contributed by atoms with van der Waals surface area (Å²) >= 11 is 0. The van der Waals surface area contributed by atoms with E-state index in [0.29, 0.717) is 0 Å². The third-order valence-corrected chi connectivity index (χ3v) is 14.7. The molecule has 0 saturated heterocycles. The molecule has 332 valence electrons. The van der Waals surface area contributed by atoms with E-state index in [4.69, 9.17) is 0 Å². The van der Waals surface area contributed by atoms with Crippen LogP contribution in [-0.2, 0) is 0 Å². The van der Waals surface area contributed by atoms with Crippen LogP contribution in [0.25, 0.3) is 110 Å². The van der Waals surface area contributed by atoms with Gasteiger partial charge in [0.05, 0.1) is 44.1 Å². The average Bonchev–Trinajstić information content (AvgIpc) is 4.15. The molecule has 0 radical (unpaired) electrons. The summed E-state index contributed by atoms with van der Waals surface area (Å²) in [5, 5.41) is 9.82. The van der Waals surface area contributed by atoms with Gasteiger partial charge in [-0.15, -0.1) is 0 Å². The maximum atomic E-state index is 2.45. The van der Waals surface area contributed by atoms with Crippen molar-refractivity contribution in [2.75, 3.05) is 4.90 Å². The van der Waals surface area contributed by atoms with Crippen LogP contribution in [0.15, 0.2) is 261 Å². The van der Waals surface area contributed by atoms with Gasteiger partial charge in [-0.2, -0.15) is 0 Å². The number of fused-ring (bicyclic) bond motifs is 12. The molecule has 5 nitrogen and oxygen atoms in total. The number of hydrogen-bond acceptors (Lipinski definition) is 1. The summed E-state index contributed by atoms with van der Waals surface area (Å²) in [5.74, 6) is 0. The van der Waals surface area contributed by atoms with Gasteiger partial charge in [0.15, 0.2) is 0 Å². The number of anilines is 3. The number of aromatic nitrogens is 4. The van der Waals surface area contributed by atoms with E-state index in [1.807, 2.05) is 0 Å². The van der Waals surface area contributed by atoms with Gasteiger partial charge in [-0.3, -0.25) is 0 Å². The average molecular weight is 906 g/mol. The summed E-state index contributed by atoms with van der Waals surface area (Å²) in [4.78, 5) is 2.39. The van der Waals surface area contributed by atoms with Crippen molar-refractivity contribution >= 4 is 104 Å². The number of hydrogen-bond donors (Lipinski definition) is 0. The molecule has 0 amide bonds. The molecule has 11 aromatic carbocycles. The Morgan fingerprint density at radius 2 is 0.451 bits per heavy atom.